The molecule has 2 rings (SSSR count). The number of aromatic nitrogens is 1. The maximum Gasteiger partial charge on any atom is 0.358 e. The molecule has 18 heavy (non-hydrogen) atoms. The second kappa shape index (κ2) is 4.87. The number of anilines is 1. The minimum atomic E-state index is -1.15. The van der Waals surface area contributed by atoms with Crippen LogP contribution in [0.4, 0.5) is 10.1 Å². The van der Waals surface area contributed by atoms with Crippen LogP contribution in [0.3, 0.4) is 0 Å². The molecule has 0 aliphatic carbocycles. The molecular formula is C12H11FN2O3. The fourth-order valence-corrected chi connectivity index (χ4v) is 1.48. The molecule has 0 saturated carbocycles. The predicted molar refractivity (Wildman–Crippen MR) is 61.9 cm³/mol. The number of nitrogens with zero attached hydrogens (tertiary/aromatic N) is 1. The van der Waals surface area contributed by atoms with Crippen molar-refractivity contribution in [2.24, 2.45) is 0 Å². The molecule has 0 bridgehead atoms. The zero-order chi connectivity index (χ0) is 13.1. The Labute approximate surface area is 102 Å². The lowest BCUT2D eigenvalue weighted by Crippen LogP contribution is -2.01. The highest BCUT2D eigenvalue weighted by Gasteiger charge is 2.11. The Hall–Kier alpha value is -2.37. The first-order chi connectivity index (χ1) is 8.58. The highest BCUT2D eigenvalue weighted by atomic mass is 19.1. The van der Waals surface area contributed by atoms with Gasteiger partial charge in [-0.3, -0.25) is 0 Å². The van der Waals surface area contributed by atoms with Gasteiger partial charge in [0.1, 0.15) is 5.82 Å². The number of halogens is 1. The monoisotopic (exact) mass is 250 g/mol. The number of nitrogens with one attached hydrogen (secondary N) is 1. The number of carboxylic acid groups (broad SMARTS) is 1. The van der Waals surface area contributed by atoms with Gasteiger partial charge in [0.05, 0.1) is 6.54 Å². The summed E-state index contributed by atoms with van der Waals surface area (Å²) in [5.74, 6) is -1.08. The Kier molecular flexibility index (Phi) is 3.27. The average molecular weight is 250 g/mol. The predicted octanol–water partition coefficient (Wildman–Crippen LogP) is 2.43. The fraction of sp³-hybridized carbons (Fsp3) is 0.167. The molecule has 0 fully saturated rings. The van der Waals surface area contributed by atoms with E-state index in [4.69, 9.17) is 9.63 Å². The van der Waals surface area contributed by atoms with Crippen molar-refractivity contribution in [3.63, 3.8) is 0 Å². The summed E-state index contributed by atoms with van der Waals surface area (Å²) in [4.78, 5) is 10.6. The molecular weight excluding hydrogens is 239 g/mol. The lowest BCUT2D eigenvalue weighted by molar-refractivity contribution is 0.0685. The minimum absolute atomic E-state index is 0.150. The van der Waals surface area contributed by atoms with Gasteiger partial charge in [0.15, 0.2) is 11.5 Å². The molecule has 0 saturated heterocycles. The molecule has 94 valence electrons. The van der Waals surface area contributed by atoms with Crippen molar-refractivity contribution in [2.75, 3.05) is 5.32 Å². The quantitative estimate of drug-likeness (QED) is 0.871. The Balaban J connectivity index is 2.07. The maximum absolute atomic E-state index is 13.3. The third kappa shape index (κ3) is 2.48. The van der Waals surface area contributed by atoms with Gasteiger partial charge in [-0.05, 0) is 19.1 Å². The number of hydrogen-bond acceptors (Lipinski definition) is 4. The first-order valence-electron chi connectivity index (χ1n) is 5.26. The van der Waals surface area contributed by atoms with Gasteiger partial charge < -0.3 is 14.9 Å². The first-order valence-corrected chi connectivity index (χ1v) is 5.26. The van der Waals surface area contributed by atoms with Gasteiger partial charge in [-0.25, -0.2) is 9.18 Å². The lowest BCUT2D eigenvalue weighted by Gasteiger charge is -2.07. The number of carboxylic acids is 1. The van der Waals surface area contributed by atoms with Gasteiger partial charge in [0.25, 0.3) is 0 Å². The van der Waals surface area contributed by atoms with E-state index in [1.807, 2.05) is 0 Å². The first kappa shape index (κ1) is 12.1. The van der Waals surface area contributed by atoms with Crippen LogP contribution in [0.1, 0.15) is 21.8 Å². The van der Waals surface area contributed by atoms with Crippen LogP contribution < -0.4 is 5.32 Å². The van der Waals surface area contributed by atoms with E-state index >= 15 is 0 Å². The van der Waals surface area contributed by atoms with Crippen molar-refractivity contribution in [1.82, 2.24) is 5.16 Å². The molecule has 6 heteroatoms. The van der Waals surface area contributed by atoms with E-state index in [2.05, 4.69) is 10.5 Å². The second-order valence-electron chi connectivity index (χ2n) is 3.75. The van der Waals surface area contributed by atoms with Crippen LogP contribution in [-0.4, -0.2) is 16.2 Å². The highest BCUT2D eigenvalue weighted by molar-refractivity contribution is 5.85. The molecule has 1 heterocycles. The molecule has 0 unspecified atom stereocenters. The van der Waals surface area contributed by atoms with Crippen molar-refractivity contribution in [2.45, 2.75) is 13.5 Å². The summed E-state index contributed by atoms with van der Waals surface area (Å²) in [5, 5.41) is 15.0. The molecule has 2 N–H and O–H groups in total. The van der Waals surface area contributed by atoms with E-state index in [9.17, 15) is 9.18 Å². The Bertz CT molecular complexity index is 580. The van der Waals surface area contributed by atoms with Crippen LogP contribution in [0.15, 0.2) is 28.8 Å². The van der Waals surface area contributed by atoms with Crippen LogP contribution in [0, 0.1) is 12.7 Å². The topological polar surface area (TPSA) is 75.4 Å². The zero-order valence-corrected chi connectivity index (χ0v) is 9.61. The van der Waals surface area contributed by atoms with E-state index in [1.165, 1.54) is 12.1 Å². The third-order valence-electron chi connectivity index (χ3n) is 2.50. The molecule has 2 aromatic rings. The molecule has 0 aliphatic heterocycles. The van der Waals surface area contributed by atoms with Crippen molar-refractivity contribution >= 4 is 11.7 Å². The van der Waals surface area contributed by atoms with Crippen LogP contribution in [-0.2, 0) is 6.54 Å². The Morgan fingerprint density at radius 1 is 1.56 bits per heavy atom. The van der Waals surface area contributed by atoms with Gasteiger partial charge in [0.2, 0.25) is 0 Å². The minimum Gasteiger partial charge on any atom is -0.476 e. The molecule has 0 amide bonds. The molecule has 0 aliphatic rings. The molecule has 1 aromatic carbocycles. The van der Waals surface area contributed by atoms with E-state index < -0.39 is 5.97 Å². The number of carbonyl (C=O) groups is 1. The van der Waals surface area contributed by atoms with E-state index in [0.29, 0.717) is 17.0 Å². The summed E-state index contributed by atoms with van der Waals surface area (Å²) in [6.45, 7) is 1.89. The standard InChI is InChI=1S/C12H11FN2O3/c1-7-9(13)3-2-4-10(7)14-6-8-5-11(12(16)17)15-18-8/h2-5,14H,6H2,1H3,(H,16,17). The summed E-state index contributed by atoms with van der Waals surface area (Å²) in [6, 6.07) is 6.02. The van der Waals surface area contributed by atoms with Gasteiger partial charge in [-0.2, -0.15) is 0 Å². The third-order valence-corrected chi connectivity index (χ3v) is 2.50. The number of aromatic carboxylic acids is 1. The number of rotatable bonds is 4. The van der Waals surface area contributed by atoms with Gasteiger partial charge in [-0.1, -0.05) is 11.2 Å². The second-order valence-corrected chi connectivity index (χ2v) is 3.75. The summed E-state index contributed by atoms with van der Waals surface area (Å²) >= 11 is 0. The molecule has 0 radical (unpaired) electrons. The maximum atomic E-state index is 13.3. The molecule has 0 spiro atoms. The number of hydrogen-bond donors (Lipinski definition) is 2. The number of benzene rings is 1. The van der Waals surface area contributed by atoms with Crippen LogP contribution in [0.25, 0.3) is 0 Å². The van der Waals surface area contributed by atoms with E-state index in [0.717, 1.165) is 0 Å². The van der Waals surface area contributed by atoms with Crippen LogP contribution in [0.5, 0.6) is 0 Å². The summed E-state index contributed by atoms with van der Waals surface area (Å²) in [5.41, 5.74) is 0.974. The van der Waals surface area contributed by atoms with Crippen molar-refractivity contribution in [3.05, 3.63) is 47.1 Å². The van der Waals surface area contributed by atoms with Crippen molar-refractivity contribution in [1.29, 1.82) is 0 Å². The smallest absolute Gasteiger partial charge is 0.358 e. The SMILES string of the molecule is Cc1c(F)cccc1NCc1cc(C(=O)O)no1. The molecule has 5 nitrogen and oxygen atoms in total. The van der Waals surface area contributed by atoms with Crippen LogP contribution in [0.2, 0.25) is 0 Å². The summed E-state index contributed by atoms with van der Waals surface area (Å²) < 4.78 is 18.1. The van der Waals surface area contributed by atoms with E-state index in [1.54, 1.807) is 19.1 Å². The Morgan fingerprint density at radius 2 is 2.33 bits per heavy atom. The van der Waals surface area contributed by atoms with Crippen molar-refractivity contribution in [3.8, 4) is 0 Å². The van der Waals surface area contributed by atoms with Crippen LogP contribution >= 0.6 is 0 Å². The molecule has 0 atom stereocenters. The fourth-order valence-electron chi connectivity index (χ4n) is 1.48. The van der Waals surface area contributed by atoms with Crippen molar-refractivity contribution < 1.29 is 18.8 Å². The largest absolute Gasteiger partial charge is 0.476 e. The zero-order valence-electron chi connectivity index (χ0n) is 9.61. The lowest BCUT2D eigenvalue weighted by atomic mass is 10.2. The molecule has 1 aromatic heterocycles. The van der Waals surface area contributed by atoms with Gasteiger partial charge >= 0.3 is 5.97 Å². The average Bonchev–Trinajstić information content (AvgIpc) is 2.80. The highest BCUT2D eigenvalue weighted by Crippen LogP contribution is 2.18. The van der Waals surface area contributed by atoms with Gasteiger partial charge in [0, 0.05) is 17.3 Å². The summed E-state index contributed by atoms with van der Waals surface area (Å²) in [7, 11) is 0. The normalized spacial score (nSPS) is 10.3. The van der Waals surface area contributed by atoms with E-state index in [-0.39, 0.29) is 18.1 Å². The van der Waals surface area contributed by atoms with Gasteiger partial charge in [-0.15, -0.1) is 0 Å². The summed E-state index contributed by atoms with van der Waals surface area (Å²) in [6.07, 6.45) is 0. The Morgan fingerprint density at radius 3 is 3.00 bits per heavy atom.